The third-order valence-electron chi connectivity index (χ3n) is 2.62. The highest BCUT2D eigenvalue weighted by Gasteiger charge is 2.16. The van der Waals surface area contributed by atoms with Crippen molar-refractivity contribution in [3.05, 3.63) is 0 Å². The lowest BCUT2D eigenvalue weighted by atomic mass is 10.0. The maximum Gasteiger partial charge on any atom is 0.163 e. The van der Waals surface area contributed by atoms with Gasteiger partial charge in [0, 0.05) is 11.8 Å². The van der Waals surface area contributed by atoms with Crippen molar-refractivity contribution in [1.82, 2.24) is 0 Å². The largest absolute Gasteiger partial charge is 0.385 e. The molecule has 0 saturated carbocycles. The smallest absolute Gasteiger partial charge is 0.163 e. The van der Waals surface area contributed by atoms with Gasteiger partial charge in [0.05, 0.1) is 0 Å². The molecule has 0 aliphatic carbocycles. The molecule has 5 nitrogen and oxygen atoms in total. The number of hydrogen-bond donors (Lipinski definition) is 3. The average molecular weight is 275 g/mol. The number of nitrogens with two attached hydrogens (primary N) is 1. The van der Waals surface area contributed by atoms with Crippen LogP contribution in [0.15, 0.2) is 0 Å². The van der Waals surface area contributed by atoms with Crippen LogP contribution in [0.4, 0.5) is 0 Å². The normalized spacial score (nSPS) is 13.8. The second-order valence-electron chi connectivity index (χ2n) is 5.13. The zero-order valence-corrected chi connectivity index (χ0v) is 12.7. The minimum atomic E-state index is -0.856. The second-order valence-corrected chi connectivity index (χ2v) is 5.13. The van der Waals surface area contributed by atoms with Gasteiger partial charge >= 0.3 is 0 Å². The first-order chi connectivity index (χ1) is 8.68. The van der Waals surface area contributed by atoms with E-state index in [1.807, 2.05) is 0 Å². The first kappa shape index (κ1) is 20.5. The van der Waals surface area contributed by atoms with E-state index < -0.39 is 12.2 Å². The van der Waals surface area contributed by atoms with E-state index >= 15 is 0 Å². The molecule has 0 rings (SSSR count). The predicted molar refractivity (Wildman–Crippen MR) is 75.7 cm³/mol. The van der Waals surface area contributed by atoms with Crippen LogP contribution < -0.4 is 5.73 Å². The number of ketones is 2. The molecule has 5 heteroatoms. The Hall–Kier alpha value is -0.780. The molecule has 2 unspecified atom stereocenters. The molecule has 19 heavy (non-hydrogen) atoms. The van der Waals surface area contributed by atoms with Gasteiger partial charge in [-0.15, -0.1) is 0 Å². The molecule has 0 aromatic heterocycles. The Bertz CT molecular complexity index is 264. The lowest BCUT2D eigenvalue weighted by Gasteiger charge is -2.09. The van der Waals surface area contributed by atoms with Crippen LogP contribution in [0.25, 0.3) is 0 Å². The molecule has 0 spiro atoms. The van der Waals surface area contributed by atoms with E-state index in [2.05, 4.69) is 0 Å². The van der Waals surface area contributed by atoms with E-state index in [0.29, 0.717) is 19.4 Å². The highest BCUT2D eigenvalue weighted by Crippen LogP contribution is 2.02. The highest BCUT2D eigenvalue weighted by molar-refractivity contribution is 5.84. The molecule has 4 N–H and O–H groups in total. The fraction of sp³-hybridized carbons (Fsp3) is 0.857. The van der Waals surface area contributed by atoms with Crippen molar-refractivity contribution >= 4 is 11.6 Å². The molecule has 0 saturated heterocycles. The van der Waals surface area contributed by atoms with E-state index in [4.69, 9.17) is 15.9 Å². The summed E-state index contributed by atoms with van der Waals surface area (Å²) in [6.07, 6.45) is -0.705. The predicted octanol–water partition coefficient (Wildman–Crippen LogP) is 0.904. The van der Waals surface area contributed by atoms with Crippen LogP contribution >= 0.6 is 0 Å². The Morgan fingerprint density at radius 2 is 1.32 bits per heavy atom. The van der Waals surface area contributed by atoms with E-state index in [1.165, 1.54) is 0 Å². The summed E-state index contributed by atoms with van der Waals surface area (Å²) >= 11 is 0. The second kappa shape index (κ2) is 11.1. The number of carbonyl (C=O) groups excluding carboxylic acids is 2. The number of aliphatic hydroxyl groups is 2. The van der Waals surface area contributed by atoms with Gasteiger partial charge in [0.15, 0.2) is 11.6 Å². The fourth-order valence-electron chi connectivity index (χ4n) is 1.27. The van der Waals surface area contributed by atoms with E-state index in [9.17, 15) is 9.59 Å². The summed E-state index contributed by atoms with van der Waals surface area (Å²) in [5.41, 5.74) is 5.16. The summed E-state index contributed by atoms with van der Waals surface area (Å²) in [6, 6.07) is 0. The Balaban J connectivity index is 0. The first-order valence-electron chi connectivity index (χ1n) is 6.82. The van der Waals surface area contributed by atoms with Gasteiger partial charge in [0.1, 0.15) is 12.2 Å². The third kappa shape index (κ3) is 9.76. The molecule has 0 heterocycles. The quantitative estimate of drug-likeness (QED) is 0.641. The van der Waals surface area contributed by atoms with Gasteiger partial charge in [0.2, 0.25) is 0 Å². The third-order valence-corrected chi connectivity index (χ3v) is 2.62. The van der Waals surface area contributed by atoms with E-state index in [0.717, 1.165) is 0 Å². The maximum atomic E-state index is 10.9. The van der Waals surface area contributed by atoms with Crippen molar-refractivity contribution in [2.75, 3.05) is 6.54 Å². The van der Waals surface area contributed by atoms with Crippen LogP contribution in [-0.2, 0) is 9.59 Å². The van der Waals surface area contributed by atoms with E-state index in [-0.39, 0.29) is 23.4 Å². The van der Waals surface area contributed by atoms with Crippen LogP contribution in [0.3, 0.4) is 0 Å². The van der Waals surface area contributed by atoms with E-state index in [1.54, 1.807) is 34.6 Å². The van der Waals surface area contributed by atoms with Crippen LogP contribution in [0, 0.1) is 11.8 Å². The zero-order chi connectivity index (χ0) is 15.6. The number of rotatable bonds is 7. The molecule has 0 aromatic rings. The Kier molecular flexibility index (Phi) is 12.0. The molecule has 0 aliphatic heterocycles. The maximum absolute atomic E-state index is 10.9. The lowest BCUT2D eigenvalue weighted by Crippen LogP contribution is -2.27. The summed E-state index contributed by atoms with van der Waals surface area (Å²) in [6.45, 7) is 9.27. The Labute approximate surface area is 116 Å². The van der Waals surface area contributed by atoms with Gasteiger partial charge in [-0.25, -0.2) is 0 Å². The minimum Gasteiger partial charge on any atom is -0.385 e. The van der Waals surface area contributed by atoms with Gasteiger partial charge in [-0.05, 0) is 19.4 Å². The number of hydrogen-bond acceptors (Lipinski definition) is 5. The Morgan fingerprint density at radius 3 is 1.53 bits per heavy atom. The van der Waals surface area contributed by atoms with Crippen molar-refractivity contribution in [2.24, 2.45) is 17.6 Å². The van der Waals surface area contributed by atoms with Gasteiger partial charge < -0.3 is 15.9 Å². The van der Waals surface area contributed by atoms with Crippen molar-refractivity contribution in [3.63, 3.8) is 0 Å². The summed E-state index contributed by atoms with van der Waals surface area (Å²) in [7, 11) is 0. The highest BCUT2D eigenvalue weighted by atomic mass is 16.3. The molecule has 0 aliphatic rings. The fourth-order valence-corrected chi connectivity index (χ4v) is 1.27. The average Bonchev–Trinajstić information content (AvgIpc) is 2.36. The van der Waals surface area contributed by atoms with Gasteiger partial charge in [-0.2, -0.15) is 0 Å². The van der Waals surface area contributed by atoms with Crippen LogP contribution in [0.5, 0.6) is 0 Å². The molecule has 0 bridgehead atoms. The van der Waals surface area contributed by atoms with Crippen molar-refractivity contribution < 1.29 is 19.8 Å². The van der Waals surface area contributed by atoms with Crippen LogP contribution in [-0.4, -0.2) is 40.5 Å². The molecular weight excluding hydrogens is 246 g/mol. The van der Waals surface area contributed by atoms with Gasteiger partial charge in [0.25, 0.3) is 0 Å². The van der Waals surface area contributed by atoms with Crippen LogP contribution in [0.2, 0.25) is 0 Å². The topological polar surface area (TPSA) is 101 Å². The van der Waals surface area contributed by atoms with Crippen molar-refractivity contribution in [3.8, 4) is 0 Å². The summed E-state index contributed by atoms with van der Waals surface area (Å²) in [5.74, 6) is -0.315. The van der Waals surface area contributed by atoms with Crippen LogP contribution in [0.1, 0.15) is 47.5 Å². The van der Waals surface area contributed by atoms with Gasteiger partial charge in [-0.3, -0.25) is 9.59 Å². The summed E-state index contributed by atoms with van der Waals surface area (Å²) < 4.78 is 0. The van der Waals surface area contributed by atoms with Gasteiger partial charge in [-0.1, -0.05) is 34.6 Å². The molecule has 0 amide bonds. The summed E-state index contributed by atoms with van der Waals surface area (Å²) in [4.78, 5) is 21.8. The SMILES string of the molecule is CC(C)C(=O)C(O)CCN.CCC(O)C(=O)C(C)C. The number of aliphatic hydroxyl groups excluding tert-OH is 2. The molecule has 2 atom stereocenters. The lowest BCUT2D eigenvalue weighted by molar-refractivity contribution is -0.130. The standard InChI is InChI=1S/C7H15NO2.C7H14O2/c1-5(2)7(10)6(9)3-4-8;1-4-6(8)7(9)5(2)3/h5-6,9H,3-4,8H2,1-2H3;5-6,8H,4H2,1-3H3. The first-order valence-corrected chi connectivity index (χ1v) is 6.82. The van der Waals surface area contributed by atoms with Crippen molar-refractivity contribution in [1.29, 1.82) is 0 Å². The Morgan fingerprint density at radius 1 is 0.947 bits per heavy atom. The summed E-state index contributed by atoms with van der Waals surface area (Å²) in [5, 5.41) is 18.0. The number of Topliss-reactive ketones (excluding diaryl/α,β-unsaturated/α-hetero) is 2. The molecule has 0 aromatic carbocycles. The zero-order valence-electron chi connectivity index (χ0n) is 12.7. The van der Waals surface area contributed by atoms with Crippen molar-refractivity contribution in [2.45, 2.75) is 59.7 Å². The number of carbonyl (C=O) groups is 2. The molecule has 114 valence electrons. The molecule has 0 radical (unpaired) electrons. The molecular formula is C14H29NO4. The molecule has 0 fully saturated rings. The minimum absolute atomic E-state index is 0.0417. The monoisotopic (exact) mass is 275 g/mol.